The minimum absolute atomic E-state index is 0.998. The van der Waals surface area contributed by atoms with Crippen molar-refractivity contribution in [3.05, 3.63) is 84.6 Å². The van der Waals surface area contributed by atoms with Crippen LogP contribution in [0.5, 0.6) is 0 Å². The molecule has 1 heteroatoms. The number of aromatic nitrogens is 1. The van der Waals surface area contributed by atoms with Crippen LogP contribution in [-0.2, 0) is 0 Å². The number of rotatable bonds is 3. The Morgan fingerprint density at radius 2 is 1.43 bits per heavy atom. The molecule has 1 nitrogen and oxygen atoms in total. The van der Waals surface area contributed by atoms with E-state index >= 15 is 0 Å². The van der Waals surface area contributed by atoms with E-state index in [9.17, 15) is 0 Å². The second-order valence-corrected chi connectivity index (χ2v) is 4.99. The summed E-state index contributed by atoms with van der Waals surface area (Å²) in [6.45, 7) is 5.98. The van der Waals surface area contributed by atoms with E-state index in [-0.39, 0.29) is 0 Å². The predicted octanol–water partition coefficient (Wildman–Crippen LogP) is 5.37. The van der Waals surface area contributed by atoms with Crippen LogP contribution >= 0.6 is 0 Å². The zero-order valence-corrected chi connectivity index (χ0v) is 12.1. The SMILES string of the molecule is C=Cc1c(-c2ccccc2)cc(-c2ccccc2)nc1C. The van der Waals surface area contributed by atoms with Gasteiger partial charge in [-0.05, 0) is 24.1 Å². The number of aryl methyl sites for hydroxylation is 1. The van der Waals surface area contributed by atoms with Crippen molar-refractivity contribution >= 4 is 6.08 Å². The van der Waals surface area contributed by atoms with E-state index in [4.69, 9.17) is 4.98 Å². The molecule has 0 saturated heterocycles. The van der Waals surface area contributed by atoms with Crippen molar-refractivity contribution in [2.45, 2.75) is 6.92 Å². The first-order valence-corrected chi connectivity index (χ1v) is 7.04. The maximum atomic E-state index is 4.73. The van der Waals surface area contributed by atoms with Crippen molar-refractivity contribution < 1.29 is 0 Å². The monoisotopic (exact) mass is 271 g/mol. The van der Waals surface area contributed by atoms with Crippen LogP contribution in [0.2, 0.25) is 0 Å². The normalized spacial score (nSPS) is 10.3. The average Bonchev–Trinajstić information content (AvgIpc) is 2.55. The number of pyridine rings is 1. The van der Waals surface area contributed by atoms with Crippen LogP contribution in [-0.4, -0.2) is 4.98 Å². The third-order valence-electron chi connectivity index (χ3n) is 3.61. The molecule has 102 valence electrons. The summed E-state index contributed by atoms with van der Waals surface area (Å²) in [5.74, 6) is 0. The molecule has 0 aliphatic heterocycles. The minimum Gasteiger partial charge on any atom is -0.252 e. The van der Waals surface area contributed by atoms with Gasteiger partial charge in [-0.2, -0.15) is 0 Å². The molecule has 21 heavy (non-hydrogen) atoms. The molecule has 0 fully saturated rings. The molecule has 0 N–H and O–H groups in total. The van der Waals surface area contributed by atoms with Gasteiger partial charge in [-0.25, -0.2) is 0 Å². The molecule has 3 rings (SSSR count). The highest BCUT2D eigenvalue weighted by molar-refractivity contribution is 5.79. The third-order valence-corrected chi connectivity index (χ3v) is 3.61. The Labute approximate surface area is 125 Å². The van der Waals surface area contributed by atoms with Crippen LogP contribution in [0.15, 0.2) is 73.3 Å². The van der Waals surface area contributed by atoms with Crippen LogP contribution in [0, 0.1) is 6.92 Å². The number of nitrogens with zero attached hydrogens (tertiary/aromatic N) is 1. The molecule has 0 atom stereocenters. The summed E-state index contributed by atoms with van der Waals surface area (Å²) in [5.41, 5.74) is 6.60. The molecule has 0 aliphatic rings. The van der Waals surface area contributed by atoms with Crippen LogP contribution < -0.4 is 0 Å². The van der Waals surface area contributed by atoms with Gasteiger partial charge < -0.3 is 0 Å². The van der Waals surface area contributed by atoms with Gasteiger partial charge in [0, 0.05) is 16.8 Å². The average molecular weight is 271 g/mol. The first-order chi connectivity index (χ1) is 10.3. The van der Waals surface area contributed by atoms with Gasteiger partial charge in [0.25, 0.3) is 0 Å². The molecule has 0 amide bonds. The fourth-order valence-corrected chi connectivity index (χ4v) is 2.55. The summed E-state index contributed by atoms with van der Waals surface area (Å²) in [4.78, 5) is 4.73. The second-order valence-electron chi connectivity index (χ2n) is 4.99. The zero-order valence-electron chi connectivity index (χ0n) is 12.1. The molecular formula is C20H17N. The Morgan fingerprint density at radius 1 is 0.857 bits per heavy atom. The van der Waals surface area contributed by atoms with Crippen molar-refractivity contribution in [3.63, 3.8) is 0 Å². The number of hydrogen-bond donors (Lipinski definition) is 0. The van der Waals surface area contributed by atoms with Gasteiger partial charge in [-0.15, -0.1) is 0 Å². The minimum atomic E-state index is 0.998. The summed E-state index contributed by atoms with van der Waals surface area (Å²) < 4.78 is 0. The molecule has 0 saturated carbocycles. The standard InChI is InChI=1S/C20H17N/c1-3-18-15(2)21-20(17-12-8-5-9-13-17)14-19(18)16-10-6-4-7-11-16/h3-14H,1H2,2H3. The van der Waals surface area contributed by atoms with E-state index in [1.54, 1.807) is 0 Å². The van der Waals surface area contributed by atoms with Crippen molar-refractivity contribution in [1.29, 1.82) is 0 Å². The van der Waals surface area contributed by atoms with E-state index in [1.165, 1.54) is 11.1 Å². The number of hydrogen-bond acceptors (Lipinski definition) is 1. The number of benzene rings is 2. The molecule has 0 spiro atoms. The highest BCUT2D eigenvalue weighted by Gasteiger charge is 2.10. The van der Waals surface area contributed by atoms with Gasteiger partial charge in [0.15, 0.2) is 0 Å². The molecular weight excluding hydrogens is 254 g/mol. The Bertz CT molecular complexity index is 759. The molecule has 2 aromatic carbocycles. The second kappa shape index (κ2) is 5.76. The van der Waals surface area contributed by atoms with Crippen LogP contribution in [0.1, 0.15) is 11.3 Å². The van der Waals surface area contributed by atoms with E-state index < -0.39 is 0 Å². The van der Waals surface area contributed by atoms with Crippen LogP contribution in [0.4, 0.5) is 0 Å². The quantitative estimate of drug-likeness (QED) is 0.624. The van der Waals surface area contributed by atoms with Crippen molar-refractivity contribution in [2.75, 3.05) is 0 Å². The van der Waals surface area contributed by atoms with E-state index in [0.29, 0.717) is 0 Å². The Kier molecular flexibility index (Phi) is 3.65. The lowest BCUT2D eigenvalue weighted by atomic mass is 9.96. The Morgan fingerprint density at radius 3 is 2.00 bits per heavy atom. The third kappa shape index (κ3) is 2.63. The topological polar surface area (TPSA) is 12.9 Å². The van der Waals surface area contributed by atoms with Crippen molar-refractivity contribution in [2.24, 2.45) is 0 Å². The molecule has 0 unspecified atom stereocenters. The van der Waals surface area contributed by atoms with Gasteiger partial charge >= 0.3 is 0 Å². The van der Waals surface area contributed by atoms with Crippen molar-refractivity contribution in [1.82, 2.24) is 4.98 Å². The highest BCUT2D eigenvalue weighted by atomic mass is 14.7. The van der Waals surface area contributed by atoms with Crippen LogP contribution in [0.25, 0.3) is 28.5 Å². The van der Waals surface area contributed by atoms with E-state index in [0.717, 1.165) is 22.5 Å². The maximum Gasteiger partial charge on any atom is 0.0711 e. The lowest BCUT2D eigenvalue weighted by Crippen LogP contribution is -1.95. The first-order valence-electron chi connectivity index (χ1n) is 7.04. The maximum absolute atomic E-state index is 4.73. The highest BCUT2D eigenvalue weighted by Crippen LogP contribution is 2.30. The molecule has 3 aromatic rings. The van der Waals surface area contributed by atoms with Gasteiger partial charge in [0.2, 0.25) is 0 Å². The van der Waals surface area contributed by atoms with Crippen LogP contribution in [0.3, 0.4) is 0 Å². The van der Waals surface area contributed by atoms with Gasteiger partial charge in [0.05, 0.1) is 5.69 Å². The summed E-state index contributed by atoms with van der Waals surface area (Å²) in [5, 5.41) is 0. The first kappa shape index (κ1) is 13.3. The van der Waals surface area contributed by atoms with Crippen molar-refractivity contribution in [3.8, 4) is 22.4 Å². The molecule has 0 aliphatic carbocycles. The Balaban J connectivity index is 2.23. The summed E-state index contributed by atoms with van der Waals surface area (Å²) in [7, 11) is 0. The smallest absolute Gasteiger partial charge is 0.0711 e. The van der Waals surface area contributed by atoms with Gasteiger partial charge in [-0.1, -0.05) is 73.3 Å². The summed E-state index contributed by atoms with van der Waals surface area (Å²) in [6, 6.07) is 22.8. The fraction of sp³-hybridized carbons (Fsp3) is 0.0500. The molecule has 0 radical (unpaired) electrons. The summed E-state index contributed by atoms with van der Waals surface area (Å²) in [6.07, 6.45) is 1.89. The summed E-state index contributed by atoms with van der Waals surface area (Å²) >= 11 is 0. The predicted molar refractivity (Wildman–Crippen MR) is 89.9 cm³/mol. The molecule has 0 bridgehead atoms. The lowest BCUT2D eigenvalue weighted by Gasteiger charge is -2.12. The lowest BCUT2D eigenvalue weighted by molar-refractivity contribution is 1.19. The van der Waals surface area contributed by atoms with Gasteiger partial charge in [0.1, 0.15) is 0 Å². The molecule has 1 aromatic heterocycles. The van der Waals surface area contributed by atoms with Gasteiger partial charge in [-0.3, -0.25) is 4.98 Å². The molecule has 1 heterocycles. The fourth-order valence-electron chi connectivity index (χ4n) is 2.55. The van der Waals surface area contributed by atoms with E-state index in [1.807, 2.05) is 37.3 Å². The Hall–Kier alpha value is -2.67. The van der Waals surface area contributed by atoms with E-state index in [2.05, 4.69) is 49.0 Å². The largest absolute Gasteiger partial charge is 0.252 e. The zero-order chi connectivity index (χ0) is 14.7.